The maximum atomic E-state index is 5.33. The van der Waals surface area contributed by atoms with Crippen LogP contribution in [0.4, 0.5) is 0 Å². The van der Waals surface area contributed by atoms with Crippen LogP contribution in [-0.2, 0) is 0 Å². The fourth-order valence-electron chi connectivity index (χ4n) is 9.91. The van der Waals surface area contributed by atoms with Gasteiger partial charge in [-0.25, -0.2) is 4.98 Å². The molecule has 0 atom stereocenters. The lowest BCUT2D eigenvalue weighted by Gasteiger charge is -2.14. The van der Waals surface area contributed by atoms with Gasteiger partial charge in [0.05, 0.1) is 22.1 Å². The molecule has 13 rings (SSSR count). The molecule has 66 heavy (non-hydrogen) atoms. The lowest BCUT2D eigenvalue weighted by molar-refractivity contribution is 0.953. The summed E-state index contributed by atoms with van der Waals surface area (Å²) in [5.74, 6) is 1.79. The molecule has 0 aliphatic rings. The van der Waals surface area contributed by atoms with Crippen molar-refractivity contribution in [3.63, 3.8) is 0 Å². The summed E-state index contributed by atoms with van der Waals surface area (Å²) in [6.07, 6.45) is 0. The zero-order chi connectivity index (χ0) is 43.6. The van der Waals surface area contributed by atoms with Crippen LogP contribution in [0.5, 0.6) is 0 Å². The second-order valence-electron chi connectivity index (χ2n) is 16.8. The lowest BCUT2D eigenvalue weighted by Crippen LogP contribution is -2.06. The van der Waals surface area contributed by atoms with Crippen LogP contribution in [0.3, 0.4) is 0 Å². The zero-order valence-corrected chi connectivity index (χ0v) is 35.8. The minimum absolute atomic E-state index is 0.563. The van der Waals surface area contributed by atoms with Crippen molar-refractivity contribution < 1.29 is 0 Å². The Hall–Kier alpha value is -8.93. The lowest BCUT2D eigenvalue weighted by atomic mass is 9.98. The molecular weight excluding hydrogens is 803 g/mol. The van der Waals surface area contributed by atoms with E-state index in [0.717, 1.165) is 71.9 Å². The Morgan fingerprint density at radius 1 is 0.258 bits per heavy atom. The van der Waals surface area contributed by atoms with E-state index < -0.39 is 0 Å². The van der Waals surface area contributed by atoms with Crippen molar-refractivity contribution in [3.8, 4) is 67.8 Å². The van der Waals surface area contributed by atoms with E-state index >= 15 is 0 Å². The van der Waals surface area contributed by atoms with Crippen molar-refractivity contribution in [1.29, 1.82) is 0 Å². The number of hydrogen-bond acceptors (Lipinski definition) is 3. The summed E-state index contributed by atoms with van der Waals surface area (Å²) < 4.78 is 4.70. The number of nitrogens with zero attached hydrogens (tertiary/aromatic N) is 5. The number of benzene rings is 10. The highest BCUT2D eigenvalue weighted by Crippen LogP contribution is 2.45. The van der Waals surface area contributed by atoms with Crippen molar-refractivity contribution in [2.45, 2.75) is 0 Å². The first-order valence-electron chi connectivity index (χ1n) is 22.4. The Labute approximate surface area is 381 Å². The van der Waals surface area contributed by atoms with Crippen LogP contribution in [0.15, 0.2) is 237 Å². The third-order valence-electron chi connectivity index (χ3n) is 13.0. The monoisotopic (exact) mass is 841 g/mol. The van der Waals surface area contributed by atoms with Gasteiger partial charge in [-0.3, -0.25) is 4.57 Å². The summed E-state index contributed by atoms with van der Waals surface area (Å²) >= 11 is 0. The second kappa shape index (κ2) is 15.4. The van der Waals surface area contributed by atoms with Crippen molar-refractivity contribution in [3.05, 3.63) is 237 Å². The Balaban J connectivity index is 1.10. The SMILES string of the molecule is c1ccc(-c2ccc(-c3nc(-c4ccccc4)nc(-n4c5ccccc5c5c6c7c8ccccc8ccc7n(-c7cc(-c8ccccc8)cc(-c8ccccc8)c7)c6ccc54)n3)cc2)cc1. The molecule has 13 aromatic rings. The molecule has 0 aliphatic heterocycles. The molecule has 0 N–H and O–H groups in total. The van der Waals surface area contributed by atoms with Gasteiger partial charge < -0.3 is 4.57 Å². The molecule has 5 nitrogen and oxygen atoms in total. The number of hydrogen-bond donors (Lipinski definition) is 0. The molecule has 0 unspecified atom stereocenters. The van der Waals surface area contributed by atoms with Crippen molar-refractivity contribution in [2.24, 2.45) is 0 Å². The third-order valence-corrected chi connectivity index (χ3v) is 13.0. The molecule has 0 saturated carbocycles. The van der Waals surface area contributed by atoms with Gasteiger partial charge >= 0.3 is 0 Å². The fourth-order valence-corrected chi connectivity index (χ4v) is 9.91. The molecule has 308 valence electrons. The molecule has 3 aromatic heterocycles. The van der Waals surface area contributed by atoms with E-state index in [1.807, 2.05) is 24.3 Å². The van der Waals surface area contributed by atoms with Gasteiger partial charge in [-0.05, 0) is 86.6 Å². The predicted octanol–water partition coefficient (Wildman–Crippen LogP) is 15.6. The van der Waals surface area contributed by atoms with E-state index in [4.69, 9.17) is 15.0 Å². The van der Waals surface area contributed by atoms with E-state index in [-0.39, 0.29) is 0 Å². The quantitative estimate of drug-likeness (QED) is 0.161. The van der Waals surface area contributed by atoms with Crippen LogP contribution in [0.2, 0.25) is 0 Å². The number of aromatic nitrogens is 5. The molecule has 3 heterocycles. The average molecular weight is 842 g/mol. The summed E-state index contributed by atoms with van der Waals surface area (Å²) in [5.41, 5.74) is 14.2. The highest BCUT2D eigenvalue weighted by Gasteiger charge is 2.24. The van der Waals surface area contributed by atoms with Gasteiger partial charge in [-0.1, -0.05) is 194 Å². The number of para-hydroxylation sites is 1. The van der Waals surface area contributed by atoms with Crippen molar-refractivity contribution in [1.82, 2.24) is 24.1 Å². The summed E-state index contributed by atoms with van der Waals surface area (Å²) in [6, 6.07) is 84.1. The highest BCUT2D eigenvalue weighted by molar-refractivity contribution is 6.33. The molecule has 0 amide bonds. The summed E-state index contributed by atoms with van der Waals surface area (Å²) in [4.78, 5) is 15.8. The topological polar surface area (TPSA) is 48.5 Å². The van der Waals surface area contributed by atoms with E-state index in [1.165, 1.54) is 32.7 Å². The Bertz CT molecular complexity index is 3890. The highest BCUT2D eigenvalue weighted by atomic mass is 15.2. The minimum Gasteiger partial charge on any atom is -0.309 e. The van der Waals surface area contributed by atoms with E-state index in [9.17, 15) is 0 Å². The Morgan fingerprint density at radius 2 is 0.682 bits per heavy atom. The van der Waals surface area contributed by atoms with Crippen LogP contribution in [0.1, 0.15) is 0 Å². The number of fused-ring (bicyclic) bond motifs is 9. The molecule has 0 fully saturated rings. The second-order valence-corrected chi connectivity index (χ2v) is 16.8. The largest absolute Gasteiger partial charge is 0.309 e. The molecule has 0 aliphatic carbocycles. The van der Waals surface area contributed by atoms with Crippen LogP contribution in [0, 0.1) is 0 Å². The molecule has 5 heteroatoms. The molecule has 0 saturated heterocycles. The van der Waals surface area contributed by atoms with Crippen molar-refractivity contribution in [2.75, 3.05) is 0 Å². The van der Waals surface area contributed by atoms with Gasteiger partial charge in [-0.15, -0.1) is 0 Å². The van der Waals surface area contributed by atoms with Gasteiger partial charge in [-0.2, -0.15) is 9.97 Å². The molecule has 0 bridgehead atoms. The maximum Gasteiger partial charge on any atom is 0.238 e. The minimum atomic E-state index is 0.563. The Kier molecular flexibility index (Phi) is 8.78. The summed E-state index contributed by atoms with van der Waals surface area (Å²) in [5, 5.41) is 7.08. The van der Waals surface area contributed by atoms with E-state index in [1.54, 1.807) is 0 Å². The fraction of sp³-hybridized carbons (Fsp3) is 0. The van der Waals surface area contributed by atoms with Crippen molar-refractivity contribution >= 4 is 54.4 Å². The molecule has 0 spiro atoms. The first-order valence-corrected chi connectivity index (χ1v) is 22.4. The third kappa shape index (κ3) is 6.21. The predicted molar refractivity (Wildman–Crippen MR) is 273 cm³/mol. The van der Waals surface area contributed by atoms with Crippen LogP contribution in [0.25, 0.3) is 122 Å². The molecule has 0 radical (unpaired) electrons. The first-order chi connectivity index (χ1) is 32.7. The van der Waals surface area contributed by atoms with Gasteiger partial charge in [0.15, 0.2) is 11.6 Å². The van der Waals surface area contributed by atoms with Crippen LogP contribution in [-0.4, -0.2) is 24.1 Å². The van der Waals surface area contributed by atoms with Gasteiger partial charge in [0.1, 0.15) is 0 Å². The van der Waals surface area contributed by atoms with E-state index in [0.29, 0.717) is 17.6 Å². The molecular formula is C61H39N5. The Morgan fingerprint density at radius 3 is 1.30 bits per heavy atom. The van der Waals surface area contributed by atoms with E-state index in [2.05, 4.69) is 221 Å². The van der Waals surface area contributed by atoms with Gasteiger partial charge in [0.2, 0.25) is 5.95 Å². The zero-order valence-electron chi connectivity index (χ0n) is 35.8. The normalized spacial score (nSPS) is 11.6. The molecule has 10 aromatic carbocycles. The van der Waals surface area contributed by atoms with Gasteiger partial charge in [0, 0.05) is 38.4 Å². The summed E-state index contributed by atoms with van der Waals surface area (Å²) in [6.45, 7) is 0. The average Bonchev–Trinajstić information content (AvgIpc) is 3.93. The van der Waals surface area contributed by atoms with Gasteiger partial charge in [0.25, 0.3) is 0 Å². The standard InChI is InChI=1S/C61H39N5/c1-5-17-40(18-6-1)43-29-31-46(32-30-43)60-62-59(45-24-11-4-12-25-45)63-61(64-60)66-52-28-16-15-27-51(52)57-54(66)35-36-55-58(57)56-50-26-14-13-23-44(50)33-34-53(56)65(55)49-38-47(41-19-7-2-8-20-41)37-48(39-49)42-21-9-3-10-22-42/h1-39H. The maximum absolute atomic E-state index is 5.33. The number of rotatable bonds is 7. The summed E-state index contributed by atoms with van der Waals surface area (Å²) in [7, 11) is 0. The first kappa shape index (κ1) is 37.6. The van der Waals surface area contributed by atoms with Crippen LogP contribution >= 0.6 is 0 Å². The van der Waals surface area contributed by atoms with Crippen LogP contribution < -0.4 is 0 Å². The smallest absolute Gasteiger partial charge is 0.238 e.